The molecule has 4 heteroatoms. The Hall–Kier alpha value is -2.85. The fourth-order valence-electron chi connectivity index (χ4n) is 2.27. The molecule has 0 bridgehead atoms. The van der Waals surface area contributed by atoms with Crippen LogP contribution in [0.1, 0.15) is 23.2 Å². The zero-order chi connectivity index (χ0) is 15.1. The lowest BCUT2D eigenvalue weighted by Crippen LogP contribution is -2.32. The number of carbonyl (C=O) groups is 1. The van der Waals surface area contributed by atoms with Crippen LogP contribution in [0.4, 0.5) is 0 Å². The number of nitriles is 2. The van der Waals surface area contributed by atoms with Gasteiger partial charge in [0.2, 0.25) is 0 Å². The molecule has 2 rings (SSSR count). The first-order valence-electron chi connectivity index (χ1n) is 6.79. The van der Waals surface area contributed by atoms with Gasteiger partial charge in [0.25, 0.3) is 5.91 Å². The van der Waals surface area contributed by atoms with E-state index in [2.05, 4.69) is 0 Å². The molecular weight excluding hydrogens is 262 g/mol. The van der Waals surface area contributed by atoms with E-state index in [-0.39, 0.29) is 18.7 Å². The molecule has 0 aliphatic heterocycles. The van der Waals surface area contributed by atoms with Gasteiger partial charge in [-0.25, -0.2) is 0 Å². The van der Waals surface area contributed by atoms with Crippen molar-refractivity contribution in [2.24, 2.45) is 0 Å². The molecule has 0 radical (unpaired) electrons. The summed E-state index contributed by atoms with van der Waals surface area (Å²) in [6, 6.07) is 17.4. The lowest BCUT2D eigenvalue weighted by molar-refractivity contribution is 0.0764. The lowest BCUT2D eigenvalue weighted by Gasteiger charge is -2.21. The first-order chi connectivity index (χ1) is 10.3. The van der Waals surface area contributed by atoms with Crippen molar-refractivity contribution in [1.82, 2.24) is 4.90 Å². The molecule has 0 saturated heterocycles. The largest absolute Gasteiger partial charge is 0.337 e. The Morgan fingerprint density at radius 2 is 1.57 bits per heavy atom. The van der Waals surface area contributed by atoms with Crippen LogP contribution in [-0.2, 0) is 0 Å². The van der Waals surface area contributed by atoms with Crippen molar-refractivity contribution < 1.29 is 4.79 Å². The van der Waals surface area contributed by atoms with E-state index in [4.69, 9.17) is 10.5 Å². The average Bonchev–Trinajstić information content (AvgIpc) is 2.54. The molecule has 0 spiro atoms. The molecule has 104 valence electrons. The van der Waals surface area contributed by atoms with Gasteiger partial charge in [-0.05, 0) is 16.8 Å². The fraction of sp³-hybridized carbons (Fsp3) is 0.235. The fourth-order valence-corrected chi connectivity index (χ4v) is 2.27. The second-order valence-electron chi connectivity index (χ2n) is 4.64. The van der Waals surface area contributed by atoms with E-state index in [1.165, 1.54) is 0 Å². The smallest absolute Gasteiger partial charge is 0.254 e. The molecule has 0 N–H and O–H groups in total. The summed E-state index contributed by atoms with van der Waals surface area (Å²) in [5.41, 5.74) is 0.615. The van der Waals surface area contributed by atoms with Crippen molar-refractivity contribution in [3.63, 3.8) is 0 Å². The predicted molar refractivity (Wildman–Crippen MR) is 80.3 cm³/mol. The molecule has 2 aromatic carbocycles. The van der Waals surface area contributed by atoms with E-state index in [0.29, 0.717) is 18.7 Å². The predicted octanol–water partition coefficient (Wildman–Crippen LogP) is 3.11. The van der Waals surface area contributed by atoms with E-state index < -0.39 is 0 Å². The molecule has 4 nitrogen and oxygen atoms in total. The Labute approximate surface area is 123 Å². The van der Waals surface area contributed by atoms with Crippen LogP contribution in [0.2, 0.25) is 0 Å². The van der Waals surface area contributed by atoms with Gasteiger partial charge in [0, 0.05) is 18.7 Å². The first kappa shape index (κ1) is 14.6. The molecule has 0 unspecified atom stereocenters. The van der Waals surface area contributed by atoms with E-state index >= 15 is 0 Å². The number of hydrogen-bond acceptors (Lipinski definition) is 3. The minimum absolute atomic E-state index is 0.127. The third kappa shape index (κ3) is 3.38. The van der Waals surface area contributed by atoms with Crippen LogP contribution in [0.5, 0.6) is 0 Å². The highest BCUT2D eigenvalue weighted by Gasteiger charge is 2.17. The molecule has 0 aliphatic rings. The Balaban J connectivity index is 2.34. The summed E-state index contributed by atoms with van der Waals surface area (Å²) < 4.78 is 0. The number of nitrogens with zero attached hydrogens (tertiary/aromatic N) is 3. The molecule has 1 amide bonds. The molecule has 0 fully saturated rings. The monoisotopic (exact) mass is 277 g/mol. The van der Waals surface area contributed by atoms with Crippen molar-refractivity contribution in [2.75, 3.05) is 13.1 Å². The third-order valence-electron chi connectivity index (χ3n) is 3.29. The number of hydrogen-bond donors (Lipinski definition) is 0. The molecule has 0 aliphatic carbocycles. The number of rotatable bonds is 5. The van der Waals surface area contributed by atoms with Gasteiger partial charge in [-0.15, -0.1) is 0 Å². The van der Waals surface area contributed by atoms with Crippen molar-refractivity contribution >= 4 is 16.7 Å². The van der Waals surface area contributed by atoms with E-state index in [9.17, 15) is 4.79 Å². The number of carbonyl (C=O) groups excluding carboxylic acids is 1. The molecule has 0 aromatic heterocycles. The van der Waals surface area contributed by atoms with Gasteiger partial charge < -0.3 is 4.90 Å². The summed E-state index contributed by atoms with van der Waals surface area (Å²) in [6.45, 7) is 0.695. The lowest BCUT2D eigenvalue weighted by atomic mass is 10.0. The van der Waals surface area contributed by atoms with E-state index in [1.54, 1.807) is 11.0 Å². The van der Waals surface area contributed by atoms with Gasteiger partial charge in [0.15, 0.2) is 0 Å². The maximum absolute atomic E-state index is 12.7. The van der Waals surface area contributed by atoms with Crippen molar-refractivity contribution in [1.29, 1.82) is 10.5 Å². The van der Waals surface area contributed by atoms with Crippen molar-refractivity contribution in [3.8, 4) is 12.1 Å². The van der Waals surface area contributed by atoms with Crippen LogP contribution in [0, 0.1) is 22.7 Å². The van der Waals surface area contributed by atoms with Crippen LogP contribution >= 0.6 is 0 Å². The molecule has 0 saturated carbocycles. The van der Waals surface area contributed by atoms with Crippen LogP contribution in [0.3, 0.4) is 0 Å². The second-order valence-corrected chi connectivity index (χ2v) is 4.64. The SMILES string of the molecule is N#CCCN(CCC#N)C(=O)c1cccc2ccccc12. The maximum Gasteiger partial charge on any atom is 0.254 e. The number of amides is 1. The molecule has 0 atom stereocenters. The third-order valence-corrected chi connectivity index (χ3v) is 3.29. The highest BCUT2D eigenvalue weighted by atomic mass is 16.2. The van der Waals surface area contributed by atoms with Crippen molar-refractivity contribution in [2.45, 2.75) is 12.8 Å². The Bertz CT molecular complexity index is 701. The highest BCUT2D eigenvalue weighted by molar-refractivity contribution is 6.07. The topological polar surface area (TPSA) is 67.9 Å². The van der Waals surface area contributed by atoms with Crippen LogP contribution in [0.25, 0.3) is 10.8 Å². The van der Waals surface area contributed by atoms with E-state index in [1.807, 2.05) is 48.5 Å². The molecule has 21 heavy (non-hydrogen) atoms. The Morgan fingerprint density at radius 3 is 2.24 bits per heavy atom. The highest BCUT2D eigenvalue weighted by Crippen LogP contribution is 2.20. The summed E-state index contributed by atoms with van der Waals surface area (Å²) in [7, 11) is 0. The van der Waals surface area contributed by atoms with Gasteiger partial charge >= 0.3 is 0 Å². The normalized spacial score (nSPS) is 9.81. The minimum atomic E-state index is -0.127. The van der Waals surface area contributed by atoms with Gasteiger partial charge in [0.1, 0.15) is 0 Å². The molecule has 0 heterocycles. The summed E-state index contributed by atoms with van der Waals surface area (Å²) in [5, 5.41) is 19.3. The summed E-state index contributed by atoms with van der Waals surface area (Å²) >= 11 is 0. The Morgan fingerprint density at radius 1 is 0.952 bits per heavy atom. The summed E-state index contributed by atoms with van der Waals surface area (Å²) in [4.78, 5) is 14.3. The zero-order valence-electron chi connectivity index (χ0n) is 11.6. The van der Waals surface area contributed by atoms with Crippen LogP contribution in [-0.4, -0.2) is 23.9 Å². The van der Waals surface area contributed by atoms with Gasteiger partial charge in [-0.1, -0.05) is 36.4 Å². The second kappa shape index (κ2) is 7.07. The van der Waals surface area contributed by atoms with Gasteiger partial charge in [-0.3, -0.25) is 4.79 Å². The van der Waals surface area contributed by atoms with Crippen molar-refractivity contribution in [3.05, 3.63) is 48.0 Å². The van der Waals surface area contributed by atoms with Gasteiger partial charge in [0.05, 0.1) is 25.0 Å². The molecule has 2 aromatic rings. The number of fused-ring (bicyclic) bond motifs is 1. The molecular formula is C17H15N3O. The van der Waals surface area contributed by atoms with Crippen LogP contribution in [0.15, 0.2) is 42.5 Å². The van der Waals surface area contributed by atoms with Gasteiger partial charge in [-0.2, -0.15) is 10.5 Å². The Kier molecular flexibility index (Phi) is 4.90. The average molecular weight is 277 g/mol. The maximum atomic E-state index is 12.7. The minimum Gasteiger partial charge on any atom is -0.337 e. The summed E-state index contributed by atoms with van der Waals surface area (Å²) in [6.07, 6.45) is 0.532. The first-order valence-corrected chi connectivity index (χ1v) is 6.79. The number of benzene rings is 2. The standard InChI is InChI=1S/C17H15N3O/c18-10-4-12-20(13-5-11-19)17(21)16-9-3-7-14-6-1-2-8-15(14)16/h1-3,6-9H,4-5,12-13H2. The van der Waals surface area contributed by atoms with Crippen LogP contribution < -0.4 is 0 Å². The summed E-state index contributed by atoms with van der Waals surface area (Å²) in [5.74, 6) is -0.127. The quantitative estimate of drug-likeness (QED) is 0.843. The van der Waals surface area contributed by atoms with E-state index in [0.717, 1.165) is 10.8 Å². The zero-order valence-corrected chi connectivity index (χ0v) is 11.6.